The number of rotatable bonds is 6. The molecule has 0 bridgehead atoms. The van der Waals surface area contributed by atoms with Crippen molar-refractivity contribution in [3.63, 3.8) is 0 Å². The summed E-state index contributed by atoms with van der Waals surface area (Å²) in [6.45, 7) is 3.73. The minimum atomic E-state index is -0.600. The first-order valence-corrected chi connectivity index (χ1v) is 6.98. The Hall–Kier alpha value is -1.96. The van der Waals surface area contributed by atoms with E-state index in [0.717, 1.165) is 12.8 Å². The van der Waals surface area contributed by atoms with E-state index in [1.165, 1.54) is 9.58 Å². The SMILES string of the molecule is CN(CC(=O)NC1CC1)C(=O)Cn1cc(C(C)(C)N)nn1. The van der Waals surface area contributed by atoms with Gasteiger partial charge in [0.1, 0.15) is 12.2 Å². The van der Waals surface area contributed by atoms with E-state index in [-0.39, 0.29) is 24.9 Å². The Bertz CT molecular complexity index is 529. The molecule has 1 fully saturated rings. The molecule has 116 valence electrons. The highest BCUT2D eigenvalue weighted by Gasteiger charge is 2.24. The van der Waals surface area contributed by atoms with E-state index in [0.29, 0.717) is 11.7 Å². The van der Waals surface area contributed by atoms with Crippen LogP contribution in [0.25, 0.3) is 0 Å². The maximum atomic E-state index is 12.0. The van der Waals surface area contributed by atoms with Gasteiger partial charge in [-0.1, -0.05) is 5.21 Å². The highest BCUT2D eigenvalue weighted by Crippen LogP contribution is 2.18. The number of hydrogen-bond donors (Lipinski definition) is 2. The van der Waals surface area contributed by atoms with Gasteiger partial charge < -0.3 is 16.0 Å². The highest BCUT2D eigenvalue weighted by atomic mass is 16.2. The predicted octanol–water partition coefficient (Wildman–Crippen LogP) is -0.791. The molecule has 0 aliphatic heterocycles. The summed E-state index contributed by atoms with van der Waals surface area (Å²) in [5, 5.41) is 10.7. The fourth-order valence-corrected chi connectivity index (χ4v) is 1.73. The van der Waals surface area contributed by atoms with Crippen molar-refractivity contribution in [1.29, 1.82) is 0 Å². The standard InChI is InChI=1S/C13H22N6O2/c1-13(2,14)10-6-19(17-16-10)8-12(21)18(3)7-11(20)15-9-4-5-9/h6,9H,4-5,7-8,14H2,1-3H3,(H,15,20). The highest BCUT2D eigenvalue weighted by molar-refractivity contribution is 5.84. The van der Waals surface area contributed by atoms with E-state index in [9.17, 15) is 9.59 Å². The van der Waals surface area contributed by atoms with Crippen LogP contribution in [0.2, 0.25) is 0 Å². The summed E-state index contributed by atoms with van der Waals surface area (Å²) in [6.07, 6.45) is 3.70. The molecule has 0 aromatic carbocycles. The number of nitrogens with two attached hydrogens (primary N) is 1. The molecule has 21 heavy (non-hydrogen) atoms. The van der Waals surface area contributed by atoms with Gasteiger partial charge >= 0.3 is 0 Å². The quantitative estimate of drug-likeness (QED) is 0.715. The number of amides is 2. The van der Waals surface area contributed by atoms with E-state index in [4.69, 9.17) is 5.73 Å². The first-order valence-electron chi connectivity index (χ1n) is 6.98. The first-order chi connectivity index (χ1) is 9.75. The first kappa shape index (κ1) is 15.4. The van der Waals surface area contributed by atoms with Crippen LogP contribution in [0.5, 0.6) is 0 Å². The molecular formula is C13H22N6O2. The van der Waals surface area contributed by atoms with Gasteiger partial charge in [0.05, 0.1) is 18.3 Å². The molecule has 2 rings (SSSR count). The zero-order chi connectivity index (χ0) is 15.6. The summed E-state index contributed by atoms with van der Waals surface area (Å²) in [6, 6.07) is 0.297. The molecule has 3 N–H and O–H groups in total. The molecule has 1 heterocycles. The molecule has 0 radical (unpaired) electrons. The summed E-state index contributed by atoms with van der Waals surface area (Å²) in [5.74, 6) is -0.331. The molecule has 8 heteroatoms. The van der Waals surface area contributed by atoms with Gasteiger partial charge in [0.15, 0.2) is 0 Å². The predicted molar refractivity (Wildman–Crippen MR) is 76.0 cm³/mol. The Balaban J connectivity index is 1.85. The third kappa shape index (κ3) is 4.52. The van der Waals surface area contributed by atoms with Gasteiger partial charge in [-0.05, 0) is 26.7 Å². The molecule has 2 amide bonds. The van der Waals surface area contributed by atoms with Gasteiger partial charge in [0.2, 0.25) is 11.8 Å². The molecule has 1 aromatic heterocycles. The Morgan fingerprint density at radius 2 is 2.19 bits per heavy atom. The van der Waals surface area contributed by atoms with Gasteiger partial charge in [-0.15, -0.1) is 5.10 Å². The van der Waals surface area contributed by atoms with Crippen molar-refractivity contribution in [2.45, 2.75) is 44.8 Å². The third-order valence-corrected chi connectivity index (χ3v) is 3.25. The number of hydrogen-bond acceptors (Lipinski definition) is 5. The van der Waals surface area contributed by atoms with Crippen molar-refractivity contribution in [2.24, 2.45) is 5.73 Å². The van der Waals surface area contributed by atoms with Crippen LogP contribution in [-0.4, -0.2) is 51.3 Å². The Labute approximate surface area is 123 Å². The molecule has 0 unspecified atom stereocenters. The number of carbonyl (C=O) groups excluding carboxylic acids is 2. The van der Waals surface area contributed by atoms with Crippen LogP contribution in [0.3, 0.4) is 0 Å². The largest absolute Gasteiger partial charge is 0.352 e. The van der Waals surface area contributed by atoms with Gasteiger partial charge in [0, 0.05) is 13.1 Å². The Morgan fingerprint density at radius 1 is 1.52 bits per heavy atom. The molecular weight excluding hydrogens is 272 g/mol. The summed E-state index contributed by atoms with van der Waals surface area (Å²) < 4.78 is 1.43. The zero-order valence-corrected chi connectivity index (χ0v) is 12.7. The summed E-state index contributed by atoms with van der Waals surface area (Å²) in [5.41, 5.74) is 5.93. The number of nitrogens with one attached hydrogen (secondary N) is 1. The molecule has 1 aliphatic carbocycles. The second kappa shape index (κ2) is 5.80. The molecule has 0 atom stereocenters. The lowest BCUT2D eigenvalue weighted by Crippen LogP contribution is -2.40. The fraction of sp³-hybridized carbons (Fsp3) is 0.692. The molecule has 1 aromatic rings. The molecule has 0 spiro atoms. The van der Waals surface area contributed by atoms with Crippen molar-refractivity contribution in [3.8, 4) is 0 Å². The average molecular weight is 294 g/mol. The molecule has 1 saturated carbocycles. The fourth-order valence-electron chi connectivity index (χ4n) is 1.73. The minimum absolute atomic E-state index is 0.0380. The van der Waals surface area contributed by atoms with Gasteiger partial charge in [-0.25, -0.2) is 4.68 Å². The van der Waals surface area contributed by atoms with Gasteiger partial charge in [-0.2, -0.15) is 0 Å². The van der Waals surface area contributed by atoms with E-state index >= 15 is 0 Å². The third-order valence-electron chi connectivity index (χ3n) is 3.25. The Morgan fingerprint density at radius 3 is 2.71 bits per heavy atom. The summed E-state index contributed by atoms with van der Waals surface area (Å²) >= 11 is 0. The van der Waals surface area contributed by atoms with Crippen molar-refractivity contribution in [1.82, 2.24) is 25.2 Å². The van der Waals surface area contributed by atoms with Crippen LogP contribution in [0, 0.1) is 0 Å². The Kier molecular flexibility index (Phi) is 4.26. The maximum Gasteiger partial charge on any atom is 0.244 e. The molecule has 8 nitrogen and oxygen atoms in total. The minimum Gasteiger partial charge on any atom is -0.352 e. The van der Waals surface area contributed by atoms with Crippen LogP contribution < -0.4 is 11.1 Å². The number of nitrogens with zero attached hydrogens (tertiary/aromatic N) is 4. The van der Waals surface area contributed by atoms with Crippen molar-refractivity contribution >= 4 is 11.8 Å². The lowest BCUT2D eigenvalue weighted by atomic mass is 10.0. The monoisotopic (exact) mass is 294 g/mol. The summed E-state index contributed by atoms with van der Waals surface area (Å²) in [4.78, 5) is 25.1. The smallest absolute Gasteiger partial charge is 0.244 e. The topological polar surface area (TPSA) is 106 Å². The summed E-state index contributed by atoms with van der Waals surface area (Å²) in [7, 11) is 1.60. The molecule has 1 aliphatic rings. The van der Waals surface area contributed by atoms with Crippen LogP contribution in [0.4, 0.5) is 0 Å². The van der Waals surface area contributed by atoms with Crippen molar-refractivity contribution in [2.75, 3.05) is 13.6 Å². The van der Waals surface area contributed by atoms with Crippen molar-refractivity contribution < 1.29 is 9.59 Å². The van der Waals surface area contributed by atoms with Gasteiger partial charge in [0.25, 0.3) is 0 Å². The van der Waals surface area contributed by atoms with Gasteiger partial charge in [-0.3, -0.25) is 9.59 Å². The number of aromatic nitrogens is 3. The average Bonchev–Trinajstić information content (AvgIpc) is 3.03. The van der Waals surface area contributed by atoms with E-state index < -0.39 is 5.54 Å². The van der Waals surface area contributed by atoms with Crippen LogP contribution in [-0.2, 0) is 21.7 Å². The zero-order valence-electron chi connectivity index (χ0n) is 12.7. The number of likely N-dealkylation sites (N-methyl/N-ethyl adjacent to an activating group) is 1. The van der Waals surface area contributed by atoms with Crippen molar-refractivity contribution in [3.05, 3.63) is 11.9 Å². The van der Waals surface area contributed by atoms with Crippen LogP contribution in [0.15, 0.2) is 6.20 Å². The van der Waals surface area contributed by atoms with E-state index in [2.05, 4.69) is 15.6 Å². The lowest BCUT2D eigenvalue weighted by Gasteiger charge is -2.16. The normalized spacial score (nSPS) is 14.9. The van der Waals surface area contributed by atoms with E-state index in [1.54, 1.807) is 13.2 Å². The van der Waals surface area contributed by atoms with Crippen LogP contribution in [0.1, 0.15) is 32.4 Å². The maximum absolute atomic E-state index is 12.0. The molecule has 0 saturated heterocycles. The number of carbonyl (C=O) groups is 2. The second-order valence-corrected chi connectivity index (χ2v) is 6.11. The second-order valence-electron chi connectivity index (χ2n) is 6.11. The van der Waals surface area contributed by atoms with E-state index in [1.807, 2.05) is 13.8 Å². The van der Waals surface area contributed by atoms with Crippen LogP contribution >= 0.6 is 0 Å². The lowest BCUT2D eigenvalue weighted by molar-refractivity contribution is -0.135.